The average molecular weight is 443 g/mol. The maximum atomic E-state index is 13.2. The summed E-state index contributed by atoms with van der Waals surface area (Å²) in [7, 11) is 0. The van der Waals surface area contributed by atoms with E-state index in [0.29, 0.717) is 26.2 Å². The minimum Gasteiger partial charge on any atom is -0.352 e. The fourth-order valence-corrected chi connectivity index (χ4v) is 4.77. The van der Waals surface area contributed by atoms with E-state index in [1.807, 2.05) is 72.5 Å². The van der Waals surface area contributed by atoms with Crippen LogP contribution in [0.15, 0.2) is 66.9 Å². The van der Waals surface area contributed by atoms with Crippen LogP contribution >= 0.6 is 11.3 Å². The summed E-state index contributed by atoms with van der Waals surface area (Å²) in [5, 5.41) is 9.59. The molecule has 4 aromatic rings. The lowest BCUT2D eigenvalue weighted by Gasteiger charge is -2.35. The largest absolute Gasteiger partial charge is 0.352 e. The standard InChI is InChI=1S/C24H22N6OS/c1-17-22(32-23(26-17)18-7-3-2-4-8-18)24(31)30-15-13-29(14-16-30)21-11-10-20(27-28-21)19-9-5-6-12-25-19/h2-12H,13-16H2,1H3. The number of anilines is 1. The summed E-state index contributed by atoms with van der Waals surface area (Å²) in [6, 6.07) is 19.6. The molecule has 8 heteroatoms. The topological polar surface area (TPSA) is 75.1 Å². The lowest BCUT2D eigenvalue weighted by molar-refractivity contribution is 0.0750. The minimum atomic E-state index is 0.0541. The smallest absolute Gasteiger partial charge is 0.265 e. The van der Waals surface area contributed by atoms with Crippen LogP contribution in [-0.4, -0.2) is 57.2 Å². The molecule has 0 unspecified atom stereocenters. The molecule has 160 valence electrons. The van der Waals surface area contributed by atoms with Gasteiger partial charge in [-0.2, -0.15) is 0 Å². The molecule has 0 aliphatic carbocycles. The first-order valence-corrected chi connectivity index (χ1v) is 11.3. The maximum Gasteiger partial charge on any atom is 0.265 e. The van der Waals surface area contributed by atoms with Crippen LogP contribution in [0.4, 0.5) is 5.82 Å². The molecule has 1 amide bonds. The molecule has 1 aliphatic rings. The van der Waals surface area contributed by atoms with Crippen molar-refractivity contribution in [2.75, 3.05) is 31.1 Å². The second-order valence-corrected chi connectivity index (χ2v) is 8.57. The lowest BCUT2D eigenvalue weighted by Crippen LogP contribution is -2.49. The second-order valence-electron chi connectivity index (χ2n) is 7.57. The zero-order valence-corrected chi connectivity index (χ0v) is 18.5. The Labute approximate surface area is 190 Å². The van der Waals surface area contributed by atoms with Gasteiger partial charge in [0.25, 0.3) is 5.91 Å². The molecule has 1 aromatic carbocycles. The van der Waals surface area contributed by atoms with Gasteiger partial charge in [0.1, 0.15) is 15.6 Å². The third-order valence-corrected chi connectivity index (χ3v) is 6.67. The number of thiazole rings is 1. The van der Waals surface area contributed by atoms with Crippen molar-refractivity contribution in [2.24, 2.45) is 0 Å². The summed E-state index contributed by atoms with van der Waals surface area (Å²) in [5.41, 5.74) is 3.38. The molecule has 7 nitrogen and oxygen atoms in total. The fraction of sp³-hybridized carbons (Fsp3) is 0.208. The van der Waals surface area contributed by atoms with Gasteiger partial charge >= 0.3 is 0 Å². The van der Waals surface area contributed by atoms with Gasteiger partial charge in [0.15, 0.2) is 5.82 Å². The van der Waals surface area contributed by atoms with Crippen molar-refractivity contribution in [3.05, 3.63) is 77.4 Å². The molecule has 1 saturated heterocycles. The van der Waals surface area contributed by atoms with Crippen molar-refractivity contribution in [3.63, 3.8) is 0 Å². The van der Waals surface area contributed by atoms with Crippen molar-refractivity contribution in [2.45, 2.75) is 6.92 Å². The number of nitrogens with zero attached hydrogens (tertiary/aromatic N) is 6. The number of rotatable bonds is 4. The molecule has 1 fully saturated rings. The van der Waals surface area contributed by atoms with Crippen LogP contribution in [0, 0.1) is 6.92 Å². The molecule has 0 atom stereocenters. The molecule has 5 rings (SSSR count). The van der Waals surface area contributed by atoms with E-state index in [2.05, 4.69) is 25.1 Å². The number of amides is 1. The SMILES string of the molecule is Cc1nc(-c2ccccc2)sc1C(=O)N1CCN(c2ccc(-c3ccccn3)nn2)CC1. The summed E-state index contributed by atoms with van der Waals surface area (Å²) in [4.78, 5) is 26.9. The summed E-state index contributed by atoms with van der Waals surface area (Å²) >= 11 is 1.47. The van der Waals surface area contributed by atoms with Gasteiger partial charge in [-0.25, -0.2) is 4.98 Å². The Morgan fingerprint density at radius 3 is 2.34 bits per heavy atom. The second kappa shape index (κ2) is 8.84. The van der Waals surface area contributed by atoms with E-state index in [0.717, 1.165) is 38.3 Å². The molecule has 0 bridgehead atoms. The van der Waals surface area contributed by atoms with E-state index < -0.39 is 0 Å². The van der Waals surface area contributed by atoms with E-state index in [1.165, 1.54) is 11.3 Å². The van der Waals surface area contributed by atoms with Crippen molar-refractivity contribution in [1.82, 2.24) is 25.1 Å². The van der Waals surface area contributed by atoms with Gasteiger partial charge in [-0.1, -0.05) is 36.4 Å². The van der Waals surface area contributed by atoms with Crippen LogP contribution in [0.2, 0.25) is 0 Å². The third kappa shape index (κ3) is 4.09. The van der Waals surface area contributed by atoms with Gasteiger partial charge in [-0.05, 0) is 31.2 Å². The minimum absolute atomic E-state index is 0.0541. The maximum absolute atomic E-state index is 13.2. The number of carbonyl (C=O) groups is 1. The molecule has 0 spiro atoms. The van der Waals surface area contributed by atoms with Crippen LogP contribution in [0.3, 0.4) is 0 Å². The van der Waals surface area contributed by atoms with Gasteiger partial charge < -0.3 is 9.80 Å². The monoisotopic (exact) mass is 442 g/mol. The first-order valence-electron chi connectivity index (χ1n) is 10.5. The van der Waals surface area contributed by atoms with Crippen molar-refractivity contribution >= 4 is 23.1 Å². The number of aromatic nitrogens is 4. The number of aryl methyl sites for hydroxylation is 1. The first kappa shape index (κ1) is 20.3. The van der Waals surface area contributed by atoms with Crippen LogP contribution in [0.5, 0.6) is 0 Å². The number of piperazine rings is 1. The molecule has 4 heterocycles. The molecule has 0 saturated carbocycles. The predicted molar refractivity (Wildman–Crippen MR) is 126 cm³/mol. The first-order chi connectivity index (χ1) is 15.7. The van der Waals surface area contributed by atoms with Gasteiger partial charge in [0.2, 0.25) is 0 Å². The quantitative estimate of drug-likeness (QED) is 0.477. The Hall–Kier alpha value is -3.65. The summed E-state index contributed by atoms with van der Waals surface area (Å²) in [6.07, 6.45) is 1.74. The van der Waals surface area contributed by atoms with Crippen molar-refractivity contribution in [3.8, 4) is 22.0 Å². The van der Waals surface area contributed by atoms with E-state index >= 15 is 0 Å². The zero-order chi connectivity index (χ0) is 21.9. The number of hydrogen-bond donors (Lipinski definition) is 0. The Bertz CT molecular complexity index is 1200. The third-order valence-electron chi connectivity index (χ3n) is 5.48. The predicted octanol–water partition coefficient (Wildman–Crippen LogP) is 3.93. The van der Waals surface area contributed by atoms with Crippen LogP contribution in [0.25, 0.3) is 22.0 Å². The highest BCUT2D eigenvalue weighted by Crippen LogP contribution is 2.29. The molecule has 1 aliphatic heterocycles. The fourth-order valence-electron chi connectivity index (χ4n) is 3.73. The van der Waals surface area contributed by atoms with Crippen LogP contribution in [-0.2, 0) is 0 Å². The van der Waals surface area contributed by atoms with Gasteiger partial charge in [0.05, 0.1) is 11.4 Å². The highest BCUT2D eigenvalue weighted by atomic mass is 32.1. The summed E-state index contributed by atoms with van der Waals surface area (Å²) < 4.78 is 0. The highest BCUT2D eigenvalue weighted by Gasteiger charge is 2.26. The average Bonchev–Trinajstić information content (AvgIpc) is 3.26. The van der Waals surface area contributed by atoms with E-state index in [9.17, 15) is 4.79 Å². The number of benzene rings is 1. The number of hydrogen-bond acceptors (Lipinski definition) is 7. The Balaban J connectivity index is 1.24. The van der Waals surface area contributed by atoms with Crippen LogP contribution < -0.4 is 4.90 Å². The molecule has 3 aromatic heterocycles. The van der Waals surface area contributed by atoms with Crippen molar-refractivity contribution in [1.29, 1.82) is 0 Å². The van der Waals surface area contributed by atoms with E-state index in [4.69, 9.17) is 0 Å². The van der Waals surface area contributed by atoms with Crippen LogP contribution in [0.1, 0.15) is 15.4 Å². The van der Waals surface area contributed by atoms with Gasteiger partial charge in [-0.15, -0.1) is 21.5 Å². The molecule has 0 N–H and O–H groups in total. The molecule has 32 heavy (non-hydrogen) atoms. The number of carbonyl (C=O) groups excluding carboxylic acids is 1. The zero-order valence-electron chi connectivity index (χ0n) is 17.7. The summed E-state index contributed by atoms with van der Waals surface area (Å²) in [5.74, 6) is 0.871. The normalized spacial score (nSPS) is 13.9. The van der Waals surface area contributed by atoms with E-state index in [1.54, 1.807) is 6.20 Å². The summed E-state index contributed by atoms with van der Waals surface area (Å²) in [6.45, 7) is 4.62. The lowest BCUT2D eigenvalue weighted by atomic mass is 10.2. The molecular weight excluding hydrogens is 420 g/mol. The van der Waals surface area contributed by atoms with Gasteiger partial charge in [0, 0.05) is 37.9 Å². The number of pyridine rings is 1. The highest BCUT2D eigenvalue weighted by molar-refractivity contribution is 7.17. The molecular formula is C24H22N6OS. The van der Waals surface area contributed by atoms with E-state index in [-0.39, 0.29) is 5.91 Å². The Morgan fingerprint density at radius 1 is 0.875 bits per heavy atom. The Kier molecular flexibility index (Phi) is 5.60. The molecule has 0 radical (unpaired) electrons. The van der Waals surface area contributed by atoms with Gasteiger partial charge in [-0.3, -0.25) is 9.78 Å². The Morgan fingerprint density at radius 2 is 1.66 bits per heavy atom. The van der Waals surface area contributed by atoms with Crippen molar-refractivity contribution < 1.29 is 4.79 Å².